The van der Waals surface area contributed by atoms with E-state index in [4.69, 9.17) is 4.74 Å². The lowest BCUT2D eigenvalue weighted by Crippen LogP contribution is -2.44. The Bertz CT molecular complexity index is 844. The number of nitrogens with zero attached hydrogens (tertiary/aromatic N) is 2. The second-order valence-corrected chi connectivity index (χ2v) is 9.06. The van der Waals surface area contributed by atoms with E-state index in [1.807, 2.05) is 43.4 Å². The van der Waals surface area contributed by atoms with E-state index in [1.54, 1.807) is 6.08 Å². The molecule has 0 N–H and O–H groups in total. The number of benzene rings is 1. The molecule has 0 saturated carbocycles. The number of likely N-dealkylation sites (tertiary alicyclic amines) is 1. The normalized spacial score (nSPS) is 20.2. The fourth-order valence-electron chi connectivity index (χ4n) is 4.47. The predicted molar refractivity (Wildman–Crippen MR) is 131 cm³/mol. The summed E-state index contributed by atoms with van der Waals surface area (Å²) in [4.78, 5) is 2.51. The molecule has 1 aliphatic rings. The fraction of sp³-hybridized carbons (Fsp3) is 0.464. The number of rotatable bonds is 11. The Morgan fingerprint density at radius 3 is 2.55 bits per heavy atom. The van der Waals surface area contributed by atoms with Crippen molar-refractivity contribution in [3.05, 3.63) is 84.5 Å². The highest BCUT2D eigenvalue weighted by Gasteiger charge is 2.39. The molecule has 0 spiro atoms. The van der Waals surface area contributed by atoms with Gasteiger partial charge in [0, 0.05) is 18.6 Å². The Balaban J connectivity index is 2.12. The summed E-state index contributed by atoms with van der Waals surface area (Å²) in [5.41, 5.74) is 2.49. The van der Waals surface area contributed by atoms with Crippen LogP contribution in [0.2, 0.25) is 0 Å². The molecule has 1 aromatic carbocycles. The van der Waals surface area contributed by atoms with Crippen molar-refractivity contribution in [2.45, 2.75) is 64.0 Å². The minimum Gasteiger partial charge on any atom is -0.373 e. The van der Waals surface area contributed by atoms with Crippen molar-refractivity contribution in [1.29, 1.82) is 5.26 Å². The summed E-state index contributed by atoms with van der Waals surface area (Å²) in [6, 6.07) is 12.8. The van der Waals surface area contributed by atoms with Gasteiger partial charge < -0.3 is 4.74 Å². The van der Waals surface area contributed by atoms with Gasteiger partial charge in [0.15, 0.2) is 0 Å². The summed E-state index contributed by atoms with van der Waals surface area (Å²) < 4.78 is 6.12. The summed E-state index contributed by atoms with van der Waals surface area (Å²) in [7, 11) is 0. The van der Waals surface area contributed by atoms with Crippen LogP contribution in [0.5, 0.6) is 0 Å². The standard InChI is InChI=1S/C28H38N2O/c1-7-13-23(4)21-31-26-16-19-30(20-26)27(5,6)17-18-28(22-29,24(8-2)9-3)25-14-11-10-12-15-25/h7-15,26H,1-2,16-21H2,3-6H3/b23-13+,24-9+/t26-,28?/m0/s1. The zero-order chi connectivity index (χ0) is 22.9. The average Bonchev–Trinajstić information content (AvgIpc) is 3.26. The summed E-state index contributed by atoms with van der Waals surface area (Å²) in [6.45, 7) is 19.0. The first-order chi connectivity index (χ1) is 14.8. The highest BCUT2D eigenvalue weighted by Crippen LogP contribution is 2.40. The van der Waals surface area contributed by atoms with Crippen LogP contribution in [0.15, 0.2) is 78.9 Å². The molecule has 0 aromatic heterocycles. The quantitative estimate of drug-likeness (QED) is 0.392. The monoisotopic (exact) mass is 418 g/mol. The van der Waals surface area contributed by atoms with Gasteiger partial charge in [-0.2, -0.15) is 5.26 Å². The maximum atomic E-state index is 10.3. The Labute approximate surface area is 189 Å². The molecule has 166 valence electrons. The fourth-order valence-corrected chi connectivity index (χ4v) is 4.47. The molecule has 1 saturated heterocycles. The maximum Gasteiger partial charge on any atom is 0.107 e. The minimum absolute atomic E-state index is 0.0268. The topological polar surface area (TPSA) is 36.3 Å². The van der Waals surface area contributed by atoms with Crippen molar-refractivity contribution in [2.24, 2.45) is 0 Å². The van der Waals surface area contributed by atoms with Crippen molar-refractivity contribution < 1.29 is 4.74 Å². The molecule has 0 bridgehead atoms. The van der Waals surface area contributed by atoms with E-state index in [0.29, 0.717) is 6.61 Å². The third-order valence-electron chi connectivity index (χ3n) is 6.54. The minimum atomic E-state index is -0.683. The molecule has 1 aliphatic heterocycles. The third kappa shape index (κ3) is 6.06. The van der Waals surface area contributed by atoms with Crippen LogP contribution in [0, 0.1) is 11.3 Å². The van der Waals surface area contributed by atoms with Crippen molar-refractivity contribution >= 4 is 0 Å². The van der Waals surface area contributed by atoms with Gasteiger partial charge in [-0.3, -0.25) is 4.90 Å². The molecule has 1 heterocycles. The van der Waals surface area contributed by atoms with Crippen molar-refractivity contribution in [2.75, 3.05) is 19.7 Å². The number of hydrogen-bond acceptors (Lipinski definition) is 3. The predicted octanol–water partition coefficient (Wildman–Crippen LogP) is 6.36. The summed E-state index contributed by atoms with van der Waals surface area (Å²) in [5.74, 6) is 0. The summed E-state index contributed by atoms with van der Waals surface area (Å²) in [6.07, 6.45) is 10.6. The van der Waals surface area contributed by atoms with Gasteiger partial charge in [-0.05, 0) is 63.7 Å². The first-order valence-electron chi connectivity index (χ1n) is 11.2. The van der Waals surface area contributed by atoms with E-state index < -0.39 is 5.41 Å². The highest BCUT2D eigenvalue weighted by atomic mass is 16.5. The number of nitriles is 1. The second-order valence-electron chi connectivity index (χ2n) is 9.06. The van der Waals surface area contributed by atoms with Crippen LogP contribution in [0.4, 0.5) is 0 Å². The van der Waals surface area contributed by atoms with Gasteiger partial charge in [0.25, 0.3) is 0 Å². The van der Waals surface area contributed by atoms with Crippen LogP contribution in [-0.2, 0) is 10.2 Å². The van der Waals surface area contributed by atoms with E-state index in [-0.39, 0.29) is 11.6 Å². The van der Waals surface area contributed by atoms with Crippen LogP contribution in [0.3, 0.4) is 0 Å². The second kappa shape index (κ2) is 11.3. The van der Waals surface area contributed by atoms with Crippen molar-refractivity contribution in [3.63, 3.8) is 0 Å². The smallest absolute Gasteiger partial charge is 0.107 e. The first kappa shape index (κ1) is 24.9. The lowest BCUT2D eigenvalue weighted by atomic mass is 9.70. The molecule has 3 heteroatoms. The lowest BCUT2D eigenvalue weighted by Gasteiger charge is -2.39. The molecule has 1 aromatic rings. The van der Waals surface area contributed by atoms with Gasteiger partial charge in [0.2, 0.25) is 0 Å². The maximum absolute atomic E-state index is 10.3. The molecule has 2 atom stereocenters. The molecule has 31 heavy (non-hydrogen) atoms. The molecule has 0 radical (unpaired) electrons. The van der Waals surface area contributed by atoms with Crippen LogP contribution >= 0.6 is 0 Å². The van der Waals surface area contributed by atoms with Crippen LogP contribution in [0.25, 0.3) is 0 Å². The van der Waals surface area contributed by atoms with Crippen LogP contribution in [0.1, 0.15) is 52.5 Å². The van der Waals surface area contributed by atoms with Gasteiger partial charge in [0.05, 0.1) is 18.8 Å². The molecule has 1 unspecified atom stereocenters. The summed E-state index contributed by atoms with van der Waals surface area (Å²) in [5, 5.41) is 10.3. The number of allylic oxidation sites excluding steroid dienone is 5. The van der Waals surface area contributed by atoms with Gasteiger partial charge in [0.1, 0.15) is 5.41 Å². The van der Waals surface area contributed by atoms with E-state index >= 15 is 0 Å². The molecule has 2 rings (SSSR count). The number of hydrogen-bond donors (Lipinski definition) is 0. The van der Waals surface area contributed by atoms with Crippen molar-refractivity contribution in [1.82, 2.24) is 4.90 Å². The Morgan fingerprint density at radius 2 is 1.97 bits per heavy atom. The molecule has 1 fully saturated rings. The first-order valence-corrected chi connectivity index (χ1v) is 11.2. The van der Waals surface area contributed by atoms with E-state index in [0.717, 1.165) is 43.5 Å². The third-order valence-corrected chi connectivity index (χ3v) is 6.54. The van der Waals surface area contributed by atoms with Gasteiger partial charge in [-0.15, -0.1) is 0 Å². The molecule has 0 aliphatic carbocycles. The largest absolute Gasteiger partial charge is 0.373 e. The molecule has 3 nitrogen and oxygen atoms in total. The average molecular weight is 419 g/mol. The number of ether oxygens (including phenoxy) is 1. The highest BCUT2D eigenvalue weighted by molar-refractivity contribution is 5.47. The zero-order valence-electron chi connectivity index (χ0n) is 19.7. The van der Waals surface area contributed by atoms with E-state index in [1.165, 1.54) is 5.57 Å². The summed E-state index contributed by atoms with van der Waals surface area (Å²) >= 11 is 0. The van der Waals surface area contributed by atoms with Crippen LogP contribution in [-0.4, -0.2) is 36.2 Å². The van der Waals surface area contributed by atoms with Crippen LogP contribution < -0.4 is 0 Å². The van der Waals surface area contributed by atoms with Crippen molar-refractivity contribution in [3.8, 4) is 6.07 Å². The van der Waals surface area contributed by atoms with E-state index in [2.05, 4.69) is 57.0 Å². The van der Waals surface area contributed by atoms with Gasteiger partial charge in [-0.25, -0.2) is 0 Å². The molecule has 0 amide bonds. The zero-order valence-corrected chi connectivity index (χ0v) is 19.7. The molecular formula is C28H38N2O. The molecular weight excluding hydrogens is 380 g/mol. The van der Waals surface area contributed by atoms with Gasteiger partial charge >= 0.3 is 0 Å². The Morgan fingerprint density at radius 1 is 1.26 bits per heavy atom. The van der Waals surface area contributed by atoms with E-state index in [9.17, 15) is 5.26 Å². The SMILES string of the molecule is C=C/C=C(\C)CO[C@H]1CCN(C(C)(C)CCC(C#N)(/C(C=C)=C/C)c2ccccc2)C1. The lowest BCUT2D eigenvalue weighted by molar-refractivity contribution is 0.0570. The van der Waals surface area contributed by atoms with Gasteiger partial charge in [-0.1, -0.05) is 67.8 Å². The Kier molecular flexibility index (Phi) is 9.04. The Hall–Kier alpha value is -2.41.